The van der Waals surface area contributed by atoms with E-state index in [1.807, 2.05) is 0 Å². The minimum absolute atomic E-state index is 0.0663. The molecule has 0 bridgehead atoms. The molecule has 1 saturated heterocycles. The van der Waals surface area contributed by atoms with Crippen LogP contribution in [0.25, 0.3) is 0 Å². The van der Waals surface area contributed by atoms with Crippen molar-refractivity contribution in [2.24, 2.45) is 0 Å². The first-order valence-electron chi connectivity index (χ1n) is 10.1. The summed E-state index contributed by atoms with van der Waals surface area (Å²) in [4.78, 5) is 25.4. The van der Waals surface area contributed by atoms with E-state index in [9.17, 15) is 13.2 Å². The second kappa shape index (κ2) is 10.9. The first kappa shape index (κ1) is 23.4. The smallest absolute Gasteiger partial charge is 0.241 e. The zero-order valence-corrected chi connectivity index (χ0v) is 18.9. The van der Waals surface area contributed by atoms with Crippen LogP contribution >= 0.6 is 11.6 Å². The number of piperazine rings is 1. The van der Waals surface area contributed by atoms with Gasteiger partial charge in [0.2, 0.25) is 21.9 Å². The molecule has 0 spiro atoms. The number of hydrogen-bond acceptors (Lipinski definition) is 7. The molecule has 2 N–H and O–H groups in total. The first-order valence-corrected chi connectivity index (χ1v) is 12.0. The van der Waals surface area contributed by atoms with E-state index >= 15 is 0 Å². The fraction of sp³-hybridized carbons (Fsp3) is 0.450. The fourth-order valence-corrected chi connectivity index (χ4v) is 4.59. The maximum Gasteiger partial charge on any atom is 0.241 e. The average molecular weight is 467 g/mol. The van der Waals surface area contributed by atoms with Crippen molar-refractivity contribution >= 4 is 33.5 Å². The van der Waals surface area contributed by atoms with Gasteiger partial charge in [-0.05, 0) is 50.2 Å². The molecule has 168 valence electrons. The molecule has 0 aliphatic carbocycles. The predicted octanol–water partition coefficient (Wildman–Crippen LogP) is 1.13. The van der Waals surface area contributed by atoms with Crippen LogP contribution in [0.3, 0.4) is 0 Å². The van der Waals surface area contributed by atoms with Gasteiger partial charge in [-0.25, -0.2) is 18.4 Å². The number of amides is 1. The monoisotopic (exact) mass is 466 g/mol. The normalized spacial score (nSPS) is 16.1. The van der Waals surface area contributed by atoms with E-state index in [0.29, 0.717) is 11.6 Å². The van der Waals surface area contributed by atoms with Crippen LogP contribution in [-0.2, 0) is 14.8 Å². The Morgan fingerprint density at radius 1 is 1.13 bits per heavy atom. The van der Waals surface area contributed by atoms with Gasteiger partial charge in [-0.1, -0.05) is 11.6 Å². The van der Waals surface area contributed by atoms with Gasteiger partial charge in [0.15, 0.2) is 0 Å². The number of halogens is 1. The van der Waals surface area contributed by atoms with Gasteiger partial charge in [-0.3, -0.25) is 9.69 Å². The van der Waals surface area contributed by atoms with Crippen LogP contribution in [0, 0.1) is 0 Å². The summed E-state index contributed by atoms with van der Waals surface area (Å²) in [5.74, 6) is 0.396. The Hall–Kier alpha value is -2.27. The molecule has 0 unspecified atom stereocenters. The van der Waals surface area contributed by atoms with Crippen molar-refractivity contribution in [2.45, 2.75) is 24.3 Å². The summed E-state index contributed by atoms with van der Waals surface area (Å²) in [5.41, 5.74) is 0. The third-order valence-corrected chi connectivity index (χ3v) is 6.82. The van der Waals surface area contributed by atoms with Gasteiger partial charge < -0.3 is 10.2 Å². The number of rotatable bonds is 9. The molecule has 2 heterocycles. The van der Waals surface area contributed by atoms with E-state index < -0.39 is 16.1 Å². The van der Waals surface area contributed by atoms with E-state index in [1.165, 1.54) is 31.2 Å². The van der Waals surface area contributed by atoms with Crippen LogP contribution in [0.4, 0.5) is 5.95 Å². The highest BCUT2D eigenvalue weighted by molar-refractivity contribution is 7.89. The molecule has 31 heavy (non-hydrogen) atoms. The van der Waals surface area contributed by atoms with E-state index in [1.54, 1.807) is 18.5 Å². The van der Waals surface area contributed by atoms with Crippen LogP contribution in [0.2, 0.25) is 5.02 Å². The van der Waals surface area contributed by atoms with E-state index in [4.69, 9.17) is 11.6 Å². The Balaban J connectivity index is 1.35. The zero-order chi connectivity index (χ0) is 22.3. The molecule has 0 radical (unpaired) electrons. The molecule has 1 atom stereocenters. The molecule has 1 aromatic heterocycles. The molecule has 1 aromatic carbocycles. The molecule has 3 rings (SSSR count). The van der Waals surface area contributed by atoms with Gasteiger partial charge in [0, 0.05) is 50.1 Å². The quantitative estimate of drug-likeness (QED) is 0.533. The molecule has 2 aromatic rings. The number of nitrogens with one attached hydrogen (secondary N) is 2. The van der Waals surface area contributed by atoms with Crippen molar-refractivity contribution in [3.8, 4) is 0 Å². The lowest BCUT2D eigenvalue weighted by Gasteiger charge is -2.34. The fourth-order valence-electron chi connectivity index (χ4n) is 3.26. The molecule has 1 aliphatic rings. The summed E-state index contributed by atoms with van der Waals surface area (Å²) in [7, 11) is -3.79. The Morgan fingerprint density at radius 2 is 1.77 bits per heavy atom. The number of carbonyl (C=O) groups excluding carboxylic acids is 1. The van der Waals surface area contributed by atoms with Crippen molar-refractivity contribution < 1.29 is 13.2 Å². The minimum Gasteiger partial charge on any atom is -0.355 e. The topological polar surface area (TPSA) is 108 Å². The van der Waals surface area contributed by atoms with E-state index in [-0.39, 0.29) is 10.8 Å². The highest BCUT2D eigenvalue weighted by Gasteiger charge is 2.22. The van der Waals surface area contributed by atoms with E-state index in [0.717, 1.165) is 45.1 Å². The lowest BCUT2D eigenvalue weighted by atomic mass is 10.3. The van der Waals surface area contributed by atoms with Gasteiger partial charge >= 0.3 is 0 Å². The van der Waals surface area contributed by atoms with Crippen molar-refractivity contribution in [1.29, 1.82) is 0 Å². The van der Waals surface area contributed by atoms with Gasteiger partial charge in [0.1, 0.15) is 0 Å². The SMILES string of the molecule is C[C@H](NS(=O)(=O)c1ccc(Cl)cc1)C(=O)NCCCN1CCN(c2ncccn2)CC1. The third kappa shape index (κ3) is 6.86. The minimum atomic E-state index is -3.79. The highest BCUT2D eigenvalue weighted by Crippen LogP contribution is 2.14. The van der Waals surface area contributed by atoms with Gasteiger partial charge in [-0.15, -0.1) is 0 Å². The molecular weight excluding hydrogens is 440 g/mol. The Kier molecular flexibility index (Phi) is 8.19. The summed E-state index contributed by atoms with van der Waals surface area (Å²) in [6, 6.07) is 6.71. The van der Waals surface area contributed by atoms with Crippen LogP contribution in [0.1, 0.15) is 13.3 Å². The zero-order valence-electron chi connectivity index (χ0n) is 17.4. The van der Waals surface area contributed by atoms with Crippen LogP contribution in [-0.4, -0.2) is 74.5 Å². The lowest BCUT2D eigenvalue weighted by molar-refractivity contribution is -0.122. The Bertz CT molecular complexity index is 951. The maximum atomic E-state index is 12.4. The predicted molar refractivity (Wildman–Crippen MR) is 120 cm³/mol. The number of sulfonamides is 1. The lowest BCUT2D eigenvalue weighted by Crippen LogP contribution is -2.48. The number of nitrogens with zero attached hydrogens (tertiary/aromatic N) is 4. The van der Waals surface area contributed by atoms with Crippen LogP contribution in [0.15, 0.2) is 47.6 Å². The maximum absolute atomic E-state index is 12.4. The second-order valence-corrected chi connectivity index (χ2v) is 9.47. The summed E-state index contributed by atoms with van der Waals surface area (Å²) in [5, 5.41) is 3.24. The summed E-state index contributed by atoms with van der Waals surface area (Å²) in [6.07, 6.45) is 4.27. The number of anilines is 1. The number of carbonyl (C=O) groups is 1. The van der Waals surface area contributed by atoms with Crippen molar-refractivity contribution in [3.63, 3.8) is 0 Å². The van der Waals surface area contributed by atoms with Crippen molar-refractivity contribution in [1.82, 2.24) is 24.9 Å². The van der Waals surface area contributed by atoms with Gasteiger partial charge in [0.05, 0.1) is 10.9 Å². The highest BCUT2D eigenvalue weighted by atomic mass is 35.5. The summed E-state index contributed by atoms with van der Waals surface area (Å²) < 4.78 is 27.1. The molecule has 1 fully saturated rings. The Labute approximate surface area is 187 Å². The average Bonchev–Trinajstić information content (AvgIpc) is 2.77. The summed E-state index contributed by atoms with van der Waals surface area (Å²) >= 11 is 5.79. The molecule has 1 amide bonds. The van der Waals surface area contributed by atoms with Gasteiger partial charge in [-0.2, -0.15) is 4.72 Å². The molecule has 11 heteroatoms. The van der Waals surface area contributed by atoms with E-state index in [2.05, 4.69) is 29.8 Å². The number of hydrogen-bond donors (Lipinski definition) is 2. The molecule has 1 aliphatic heterocycles. The van der Waals surface area contributed by atoms with Crippen molar-refractivity contribution in [3.05, 3.63) is 47.7 Å². The second-order valence-electron chi connectivity index (χ2n) is 7.32. The van der Waals surface area contributed by atoms with Crippen molar-refractivity contribution in [2.75, 3.05) is 44.2 Å². The number of aromatic nitrogens is 2. The Morgan fingerprint density at radius 3 is 2.42 bits per heavy atom. The standard InChI is InChI=1S/C20H27ClN6O3S/c1-16(25-31(29,30)18-6-4-17(21)5-7-18)19(28)22-10-3-11-26-12-14-27(15-13-26)20-23-8-2-9-24-20/h2,4-9,16,25H,3,10-15H2,1H3,(H,22,28)/t16-/m0/s1. The van der Waals surface area contributed by atoms with Gasteiger partial charge in [0.25, 0.3) is 0 Å². The summed E-state index contributed by atoms with van der Waals surface area (Å²) in [6.45, 7) is 6.39. The molecule has 9 nitrogen and oxygen atoms in total. The third-order valence-electron chi connectivity index (χ3n) is 5.01. The molecular formula is C20H27ClN6O3S. The number of benzene rings is 1. The van der Waals surface area contributed by atoms with Crippen LogP contribution in [0.5, 0.6) is 0 Å². The largest absolute Gasteiger partial charge is 0.355 e. The molecule has 0 saturated carbocycles. The first-order chi connectivity index (χ1) is 14.8. The van der Waals surface area contributed by atoms with Crippen LogP contribution < -0.4 is 14.9 Å².